The van der Waals surface area contributed by atoms with Crippen LogP contribution in [0.1, 0.15) is 17.2 Å². The predicted molar refractivity (Wildman–Crippen MR) is 96.1 cm³/mol. The Kier molecular flexibility index (Phi) is 6.19. The Morgan fingerprint density at radius 3 is 1.93 bits per heavy atom. The third kappa shape index (κ3) is 4.74. The van der Waals surface area contributed by atoms with Crippen LogP contribution < -0.4 is 5.32 Å². The fourth-order valence-corrected chi connectivity index (χ4v) is 2.72. The molecule has 0 saturated heterocycles. The molecule has 2 rings (SSSR count). The van der Waals surface area contributed by atoms with Gasteiger partial charge in [-0.1, -0.05) is 30.3 Å². The summed E-state index contributed by atoms with van der Waals surface area (Å²) in [6.07, 6.45) is -4.95. The average Bonchev–Trinajstić information content (AvgIpc) is 2.61. The van der Waals surface area contributed by atoms with Gasteiger partial charge in [0.05, 0.1) is 21.5 Å². The average molecular weight is 398 g/mol. The molecule has 0 saturated carbocycles. The molecule has 1 atom stereocenters. The highest BCUT2D eigenvalue weighted by Gasteiger charge is 2.37. The quantitative estimate of drug-likeness (QED) is 0.553. The molecule has 28 heavy (non-hydrogen) atoms. The Hall–Kier alpha value is -3.21. The first-order chi connectivity index (χ1) is 13.0. The Morgan fingerprint density at radius 1 is 1.04 bits per heavy atom. The van der Waals surface area contributed by atoms with Gasteiger partial charge in [0.15, 0.2) is 5.69 Å². The van der Waals surface area contributed by atoms with Crippen LogP contribution in [0, 0.1) is 20.2 Å². The molecule has 0 amide bonds. The Labute approximate surface area is 157 Å². The van der Waals surface area contributed by atoms with Gasteiger partial charge < -0.3 is 10.2 Å². The first kappa shape index (κ1) is 21.1. The van der Waals surface area contributed by atoms with Crippen molar-refractivity contribution in [3.63, 3.8) is 0 Å². The maximum absolute atomic E-state index is 13.0. The van der Waals surface area contributed by atoms with Gasteiger partial charge >= 0.3 is 6.18 Å². The number of anilines is 1. The first-order valence-corrected chi connectivity index (χ1v) is 8.01. The number of nitro groups is 2. The summed E-state index contributed by atoms with van der Waals surface area (Å²) in [5.74, 6) is 0. The number of alkyl halides is 3. The molecular formula is C17H17F3N4O4. The Morgan fingerprint density at radius 2 is 1.54 bits per heavy atom. The fraction of sp³-hybridized carbons (Fsp3) is 0.294. The van der Waals surface area contributed by atoms with Crippen molar-refractivity contribution in [1.82, 2.24) is 4.90 Å². The highest BCUT2D eigenvalue weighted by molar-refractivity contribution is 5.75. The summed E-state index contributed by atoms with van der Waals surface area (Å²) in [5, 5.41) is 25.2. The van der Waals surface area contributed by atoms with Gasteiger partial charge in [-0.15, -0.1) is 0 Å². The number of nitrogens with one attached hydrogen (secondary N) is 1. The van der Waals surface area contributed by atoms with E-state index in [9.17, 15) is 33.4 Å². The molecule has 1 unspecified atom stereocenters. The van der Waals surface area contributed by atoms with Crippen LogP contribution in [0.3, 0.4) is 0 Å². The topological polar surface area (TPSA) is 102 Å². The third-order valence-corrected chi connectivity index (χ3v) is 4.10. The SMILES string of the molecule is CN(C)C(CNc1c([N+](=O)[O-])cc(C(F)(F)F)cc1[N+](=O)[O-])c1ccccc1. The van der Waals surface area contributed by atoms with Crippen molar-refractivity contribution >= 4 is 17.1 Å². The van der Waals surface area contributed by atoms with E-state index >= 15 is 0 Å². The second kappa shape index (κ2) is 8.21. The maximum Gasteiger partial charge on any atom is 0.416 e. The molecule has 150 valence electrons. The van der Waals surface area contributed by atoms with Gasteiger partial charge in [0, 0.05) is 18.7 Å². The van der Waals surface area contributed by atoms with Crippen LogP contribution >= 0.6 is 0 Å². The summed E-state index contributed by atoms with van der Waals surface area (Å²) in [4.78, 5) is 22.2. The molecule has 11 heteroatoms. The first-order valence-electron chi connectivity index (χ1n) is 8.01. The van der Waals surface area contributed by atoms with E-state index in [4.69, 9.17) is 0 Å². The summed E-state index contributed by atoms with van der Waals surface area (Å²) < 4.78 is 38.9. The van der Waals surface area contributed by atoms with Crippen molar-refractivity contribution in [2.24, 2.45) is 0 Å². The van der Waals surface area contributed by atoms with E-state index in [0.717, 1.165) is 5.56 Å². The molecule has 0 fully saturated rings. The van der Waals surface area contributed by atoms with Crippen LogP contribution in [0.5, 0.6) is 0 Å². The molecule has 0 heterocycles. The van der Waals surface area contributed by atoms with Crippen LogP contribution in [-0.4, -0.2) is 35.4 Å². The lowest BCUT2D eigenvalue weighted by atomic mass is 10.1. The molecule has 1 N–H and O–H groups in total. The van der Waals surface area contributed by atoms with Crippen molar-refractivity contribution in [1.29, 1.82) is 0 Å². The number of hydrogen-bond donors (Lipinski definition) is 1. The number of nitrogens with zero attached hydrogens (tertiary/aromatic N) is 3. The van der Waals surface area contributed by atoms with Crippen molar-refractivity contribution in [2.45, 2.75) is 12.2 Å². The number of rotatable bonds is 7. The standard InChI is InChI=1S/C17H17F3N4O4/c1-22(2)15(11-6-4-3-5-7-11)10-21-16-13(23(25)26)8-12(17(18,19)20)9-14(16)24(27)28/h3-9,15,21H,10H2,1-2H3. The predicted octanol–water partition coefficient (Wildman–Crippen LogP) is 4.24. The van der Waals surface area contributed by atoms with E-state index in [1.54, 1.807) is 37.2 Å². The molecule has 2 aromatic carbocycles. The van der Waals surface area contributed by atoms with Gasteiger partial charge in [-0.3, -0.25) is 20.2 Å². The third-order valence-electron chi connectivity index (χ3n) is 4.10. The minimum Gasteiger partial charge on any atom is -0.372 e. The van der Waals surface area contributed by atoms with Crippen LogP contribution in [0.15, 0.2) is 42.5 Å². The zero-order valence-electron chi connectivity index (χ0n) is 14.9. The van der Waals surface area contributed by atoms with Gasteiger partial charge in [-0.05, 0) is 19.7 Å². The van der Waals surface area contributed by atoms with Gasteiger partial charge in [-0.2, -0.15) is 13.2 Å². The normalized spacial score (nSPS) is 12.6. The minimum atomic E-state index is -4.95. The second-order valence-corrected chi connectivity index (χ2v) is 6.17. The molecule has 0 aliphatic rings. The Balaban J connectivity index is 2.48. The molecule has 0 aliphatic carbocycles. The van der Waals surface area contributed by atoms with Crippen LogP contribution in [-0.2, 0) is 6.18 Å². The monoisotopic (exact) mass is 398 g/mol. The molecule has 0 aromatic heterocycles. The fourth-order valence-electron chi connectivity index (χ4n) is 2.72. The van der Waals surface area contributed by atoms with Gasteiger partial charge in [0.25, 0.3) is 11.4 Å². The summed E-state index contributed by atoms with van der Waals surface area (Å²) in [6.45, 7) is 0.00403. The second-order valence-electron chi connectivity index (χ2n) is 6.17. The molecule has 0 bridgehead atoms. The van der Waals surface area contributed by atoms with Crippen molar-refractivity contribution in [2.75, 3.05) is 26.0 Å². The highest BCUT2D eigenvalue weighted by Crippen LogP contribution is 2.41. The number of likely N-dealkylation sites (N-methyl/N-ethyl adjacent to an activating group) is 1. The van der Waals surface area contributed by atoms with E-state index in [0.29, 0.717) is 12.1 Å². The number of halogens is 3. The lowest BCUT2D eigenvalue weighted by Gasteiger charge is -2.25. The number of benzene rings is 2. The largest absolute Gasteiger partial charge is 0.416 e. The summed E-state index contributed by atoms with van der Waals surface area (Å²) >= 11 is 0. The number of nitro benzene ring substituents is 2. The van der Waals surface area contributed by atoms with E-state index in [-0.39, 0.29) is 12.6 Å². The maximum atomic E-state index is 13.0. The van der Waals surface area contributed by atoms with Crippen molar-refractivity contribution in [3.05, 3.63) is 73.8 Å². The molecular weight excluding hydrogens is 381 g/mol. The van der Waals surface area contributed by atoms with Crippen molar-refractivity contribution in [3.8, 4) is 0 Å². The van der Waals surface area contributed by atoms with E-state index in [1.165, 1.54) is 0 Å². The van der Waals surface area contributed by atoms with E-state index in [1.807, 2.05) is 12.1 Å². The minimum absolute atomic E-state index is 0.00403. The summed E-state index contributed by atoms with van der Waals surface area (Å²) in [7, 11) is 3.49. The van der Waals surface area contributed by atoms with Gasteiger partial charge in [-0.25, -0.2) is 0 Å². The number of hydrogen-bond acceptors (Lipinski definition) is 6. The summed E-state index contributed by atoms with van der Waals surface area (Å²) in [5.41, 5.74) is -3.20. The van der Waals surface area contributed by atoms with Gasteiger partial charge in [0.2, 0.25) is 0 Å². The molecule has 0 spiro atoms. The van der Waals surface area contributed by atoms with E-state index in [2.05, 4.69) is 5.32 Å². The zero-order valence-corrected chi connectivity index (χ0v) is 14.9. The lowest BCUT2D eigenvalue weighted by Crippen LogP contribution is -2.27. The van der Waals surface area contributed by atoms with E-state index < -0.39 is 38.6 Å². The smallest absolute Gasteiger partial charge is 0.372 e. The molecule has 0 aliphatic heterocycles. The zero-order chi connectivity index (χ0) is 21.1. The highest BCUT2D eigenvalue weighted by atomic mass is 19.4. The van der Waals surface area contributed by atoms with Crippen LogP contribution in [0.4, 0.5) is 30.2 Å². The molecule has 0 radical (unpaired) electrons. The van der Waals surface area contributed by atoms with Crippen molar-refractivity contribution < 1.29 is 23.0 Å². The van der Waals surface area contributed by atoms with Crippen LogP contribution in [0.2, 0.25) is 0 Å². The van der Waals surface area contributed by atoms with Crippen LogP contribution in [0.25, 0.3) is 0 Å². The Bertz CT molecular complexity index is 837. The lowest BCUT2D eigenvalue weighted by molar-refractivity contribution is -0.392. The molecule has 8 nitrogen and oxygen atoms in total. The summed E-state index contributed by atoms with van der Waals surface area (Å²) in [6, 6.07) is 9.25. The van der Waals surface area contributed by atoms with Gasteiger partial charge in [0.1, 0.15) is 0 Å². The molecule has 2 aromatic rings.